The van der Waals surface area contributed by atoms with Gasteiger partial charge in [-0.1, -0.05) is 0 Å². The van der Waals surface area contributed by atoms with Crippen molar-refractivity contribution in [2.24, 2.45) is 7.05 Å². The average molecular weight is 356 g/mol. The molecule has 0 saturated carbocycles. The molecule has 0 aliphatic heterocycles. The van der Waals surface area contributed by atoms with Gasteiger partial charge in [0.1, 0.15) is 6.54 Å². The van der Waals surface area contributed by atoms with Crippen LogP contribution in [0, 0.1) is 6.92 Å². The predicted molar refractivity (Wildman–Crippen MR) is 77.8 cm³/mol. The van der Waals surface area contributed by atoms with Crippen molar-refractivity contribution in [1.29, 1.82) is 0 Å². The van der Waals surface area contributed by atoms with Gasteiger partial charge in [0.25, 0.3) is 0 Å². The molecule has 8 nitrogen and oxygen atoms in total. The second kappa shape index (κ2) is 6.08. The SMILES string of the molecule is COC(=O)c1c(NC(=O)Cn2cc(Br)c(C)n2)cnn1C. The number of esters is 1. The summed E-state index contributed by atoms with van der Waals surface area (Å²) in [5.41, 5.74) is 1.28. The number of carbonyl (C=O) groups is 2. The summed E-state index contributed by atoms with van der Waals surface area (Å²) in [6, 6.07) is 0. The van der Waals surface area contributed by atoms with Gasteiger partial charge in [-0.05, 0) is 22.9 Å². The molecule has 112 valence electrons. The third-order valence-electron chi connectivity index (χ3n) is 2.78. The van der Waals surface area contributed by atoms with Crippen molar-refractivity contribution in [2.75, 3.05) is 12.4 Å². The summed E-state index contributed by atoms with van der Waals surface area (Å²) in [6.07, 6.45) is 3.10. The molecule has 0 atom stereocenters. The van der Waals surface area contributed by atoms with E-state index in [1.165, 1.54) is 22.7 Å². The minimum Gasteiger partial charge on any atom is -0.464 e. The zero-order valence-electron chi connectivity index (χ0n) is 11.8. The summed E-state index contributed by atoms with van der Waals surface area (Å²) in [5.74, 6) is -0.883. The monoisotopic (exact) mass is 355 g/mol. The van der Waals surface area contributed by atoms with E-state index in [4.69, 9.17) is 0 Å². The van der Waals surface area contributed by atoms with Crippen LogP contribution < -0.4 is 5.32 Å². The van der Waals surface area contributed by atoms with E-state index in [-0.39, 0.29) is 18.1 Å². The Bertz CT molecular complexity index is 672. The molecule has 0 saturated heterocycles. The van der Waals surface area contributed by atoms with Gasteiger partial charge >= 0.3 is 5.97 Å². The smallest absolute Gasteiger partial charge is 0.358 e. The molecule has 2 rings (SSSR count). The van der Waals surface area contributed by atoms with Crippen LogP contribution in [0.2, 0.25) is 0 Å². The Morgan fingerprint density at radius 2 is 2.19 bits per heavy atom. The van der Waals surface area contributed by atoms with Crippen LogP contribution in [0.15, 0.2) is 16.9 Å². The molecule has 2 aromatic rings. The number of aryl methyl sites for hydroxylation is 2. The highest BCUT2D eigenvalue weighted by Crippen LogP contribution is 2.16. The Morgan fingerprint density at radius 3 is 2.76 bits per heavy atom. The predicted octanol–water partition coefficient (Wildman–Crippen LogP) is 1.11. The number of hydrogen-bond acceptors (Lipinski definition) is 5. The van der Waals surface area contributed by atoms with Gasteiger partial charge < -0.3 is 10.1 Å². The van der Waals surface area contributed by atoms with E-state index in [9.17, 15) is 9.59 Å². The molecular weight excluding hydrogens is 342 g/mol. The number of anilines is 1. The summed E-state index contributed by atoms with van der Waals surface area (Å²) in [5, 5.41) is 10.7. The normalized spacial score (nSPS) is 10.5. The minimum atomic E-state index is -0.567. The lowest BCUT2D eigenvalue weighted by atomic mass is 10.3. The molecule has 0 bridgehead atoms. The molecule has 0 fully saturated rings. The van der Waals surface area contributed by atoms with E-state index >= 15 is 0 Å². The van der Waals surface area contributed by atoms with Crippen LogP contribution in [0.5, 0.6) is 0 Å². The molecule has 0 unspecified atom stereocenters. The lowest BCUT2D eigenvalue weighted by Gasteiger charge is -2.06. The van der Waals surface area contributed by atoms with Gasteiger partial charge in [0.05, 0.1) is 29.2 Å². The van der Waals surface area contributed by atoms with E-state index in [1.54, 1.807) is 13.2 Å². The molecule has 0 aromatic carbocycles. The number of aromatic nitrogens is 4. The molecule has 0 aliphatic carbocycles. The third-order valence-corrected chi connectivity index (χ3v) is 3.56. The Hall–Kier alpha value is -2.16. The minimum absolute atomic E-state index is 0.0297. The number of methoxy groups -OCH3 is 1. The Labute approximate surface area is 129 Å². The van der Waals surface area contributed by atoms with Crippen LogP contribution >= 0.6 is 15.9 Å². The van der Waals surface area contributed by atoms with Crippen molar-refractivity contribution in [3.05, 3.63) is 28.3 Å². The van der Waals surface area contributed by atoms with Gasteiger partial charge in [0, 0.05) is 13.2 Å². The molecule has 0 spiro atoms. The van der Waals surface area contributed by atoms with Gasteiger partial charge in [-0.3, -0.25) is 14.2 Å². The maximum absolute atomic E-state index is 12.0. The number of rotatable bonds is 4. The second-order valence-electron chi connectivity index (χ2n) is 4.33. The maximum atomic E-state index is 12.0. The number of hydrogen-bond donors (Lipinski definition) is 1. The van der Waals surface area contributed by atoms with E-state index < -0.39 is 5.97 Å². The molecule has 2 heterocycles. The first-order valence-electron chi connectivity index (χ1n) is 6.02. The number of nitrogens with one attached hydrogen (secondary N) is 1. The Kier molecular flexibility index (Phi) is 4.41. The van der Waals surface area contributed by atoms with Crippen LogP contribution in [0.4, 0.5) is 5.69 Å². The van der Waals surface area contributed by atoms with Crippen molar-refractivity contribution >= 4 is 33.5 Å². The Morgan fingerprint density at radius 1 is 1.48 bits per heavy atom. The first-order chi connectivity index (χ1) is 9.92. The van der Waals surface area contributed by atoms with E-state index in [2.05, 4.69) is 36.2 Å². The lowest BCUT2D eigenvalue weighted by Crippen LogP contribution is -2.21. The molecule has 2 aromatic heterocycles. The first kappa shape index (κ1) is 15.2. The summed E-state index contributed by atoms with van der Waals surface area (Å²) in [7, 11) is 2.86. The lowest BCUT2D eigenvalue weighted by molar-refractivity contribution is -0.116. The number of carbonyl (C=O) groups excluding carboxylic acids is 2. The van der Waals surface area contributed by atoms with E-state index in [0.29, 0.717) is 5.69 Å². The van der Waals surface area contributed by atoms with Gasteiger partial charge in [0.15, 0.2) is 5.69 Å². The topological polar surface area (TPSA) is 91.0 Å². The number of amides is 1. The third kappa shape index (κ3) is 3.30. The van der Waals surface area contributed by atoms with Gasteiger partial charge in [0.2, 0.25) is 5.91 Å². The second-order valence-corrected chi connectivity index (χ2v) is 5.18. The van der Waals surface area contributed by atoms with Gasteiger partial charge in [-0.2, -0.15) is 10.2 Å². The maximum Gasteiger partial charge on any atom is 0.358 e. The quantitative estimate of drug-likeness (QED) is 0.829. The largest absolute Gasteiger partial charge is 0.464 e. The summed E-state index contributed by atoms with van der Waals surface area (Å²) < 4.78 is 8.33. The molecule has 0 radical (unpaired) electrons. The van der Waals surface area contributed by atoms with E-state index in [0.717, 1.165) is 10.2 Å². The standard InChI is InChI=1S/C12H14BrN5O3/c1-7-8(13)5-18(16-7)6-10(19)15-9-4-14-17(2)11(9)12(20)21-3/h4-5H,6H2,1-3H3,(H,15,19). The number of nitrogens with zero attached hydrogens (tertiary/aromatic N) is 4. The van der Waals surface area contributed by atoms with Gasteiger partial charge in [-0.25, -0.2) is 4.79 Å². The molecule has 1 amide bonds. The van der Waals surface area contributed by atoms with E-state index in [1.807, 2.05) is 6.92 Å². The zero-order valence-corrected chi connectivity index (χ0v) is 13.3. The average Bonchev–Trinajstić information content (AvgIpc) is 2.92. The van der Waals surface area contributed by atoms with Crippen molar-refractivity contribution in [3.8, 4) is 0 Å². The van der Waals surface area contributed by atoms with Crippen LogP contribution in [-0.2, 0) is 23.1 Å². The Balaban J connectivity index is 2.11. The first-order valence-corrected chi connectivity index (χ1v) is 6.81. The molecule has 1 N–H and O–H groups in total. The summed E-state index contributed by atoms with van der Waals surface area (Å²) in [6.45, 7) is 1.86. The molecular formula is C12H14BrN5O3. The van der Waals surface area contributed by atoms with Crippen molar-refractivity contribution < 1.29 is 14.3 Å². The fourth-order valence-corrected chi connectivity index (χ4v) is 2.09. The summed E-state index contributed by atoms with van der Waals surface area (Å²) >= 11 is 3.33. The van der Waals surface area contributed by atoms with Crippen molar-refractivity contribution in [3.63, 3.8) is 0 Å². The van der Waals surface area contributed by atoms with Crippen LogP contribution in [0.3, 0.4) is 0 Å². The van der Waals surface area contributed by atoms with Crippen molar-refractivity contribution in [1.82, 2.24) is 19.6 Å². The molecule has 21 heavy (non-hydrogen) atoms. The van der Waals surface area contributed by atoms with Gasteiger partial charge in [-0.15, -0.1) is 0 Å². The number of ether oxygens (including phenoxy) is 1. The fraction of sp³-hybridized carbons (Fsp3) is 0.333. The molecule has 9 heteroatoms. The highest BCUT2D eigenvalue weighted by atomic mass is 79.9. The fourth-order valence-electron chi connectivity index (χ4n) is 1.78. The molecule has 0 aliphatic rings. The van der Waals surface area contributed by atoms with Crippen LogP contribution in [-0.4, -0.2) is 38.5 Å². The highest BCUT2D eigenvalue weighted by Gasteiger charge is 2.19. The highest BCUT2D eigenvalue weighted by molar-refractivity contribution is 9.10. The number of halogens is 1. The summed E-state index contributed by atoms with van der Waals surface area (Å²) in [4.78, 5) is 23.6. The zero-order chi connectivity index (χ0) is 15.6. The van der Waals surface area contributed by atoms with Crippen LogP contribution in [0.1, 0.15) is 16.2 Å². The van der Waals surface area contributed by atoms with Crippen LogP contribution in [0.25, 0.3) is 0 Å². The van der Waals surface area contributed by atoms with Crippen molar-refractivity contribution in [2.45, 2.75) is 13.5 Å².